The molecule has 19 heavy (non-hydrogen) atoms. The number of aromatic nitrogens is 1. The fourth-order valence-corrected chi connectivity index (χ4v) is 1.95. The molecule has 0 radical (unpaired) electrons. The summed E-state index contributed by atoms with van der Waals surface area (Å²) in [5, 5.41) is 3.19. The molecule has 1 heterocycles. The molecular weight excluding hydrogens is 311 g/mol. The molecule has 0 spiro atoms. The Balaban J connectivity index is 2.03. The predicted octanol–water partition coefficient (Wildman–Crippen LogP) is 3.99. The molecule has 0 bridgehead atoms. The third-order valence-electron chi connectivity index (χ3n) is 2.47. The van der Waals surface area contributed by atoms with Crippen molar-refractivity contribution >= 4 is 21.6 Å². The third kappa shape index (κ3) is 3.92. The number of hydrogen-bond acceptors (Lipinski definition) is 3. The van der Waals surface area contributed by atoms with Gasteiger partial charge in [-0.2, -0.15) is 0 Å². The molecule has 0 aliphatic rings. The van der Waals surface area contributed by atoms with Crippen LogP contribution < -0.4 is 10.1 Å². The normalized spacial score (nSPS) is 10.3. The first kappa shape index (κ1) is 13.8. The summed E-state index contributed by atoms with van der Waals surface area (Å²) in [5.41, 5.74) is 1.73. The first-order chi connectivity index (χ1) is 9.19. The maximum atomic E-state index is 13.6. The molecule has 1 aromatic heterocycles. The minimum absolute atomic E-state index is 0.221. The van der Waals surface area contributed by atoms with Crippen LogP contribution in [0, 0.1) is 5.82 Å². The standard InChI is InChI=1S/C14H14BrFN2O/c1-2-17-11-5-6-18-12(8-11)9-19-14-4-3-10(15)7-13(14)16/h3-8H,2,9H2,1H3,(H,17,18). The van der Waals surface area contributed by atoms with Crippen LogP contribution in [0.4, 0.5) is 10.1 Å². The molecule has 2 aromatic rings. The minimum Gasteiger partial charge on any atom is -0.484 e. The highest BCUT2D eigenvalue weighted by molar-refractivity contribution is 9.10. The van der Waals surface area contributed by atoms with Gasteiger partial charge in [-0.1, -0.05) is 15.9 Å². The van der Waals surface area contributed by atoms with Gasteiger partial charge in [0.1, 0.15) is 6.61 Å². The number of benzene rings is 1. The quantitative estimate of drug-likeness (QED) is 0.902. The highest BCUT2D eigenvalue weighted by Crippen LogP contribution is 2.22. The Morgan fingerprint density at radius 1 is 1.32 bits per heavy atom. The van der Waals surface area contributed by atoms with Gasteiger partial charge in [-0.05, 0) is 37.3 Å². The van der Waals surface area contributed by atoms with E-state index in [4.69, 9.17) is 4.74 Å². The highest BCUT2D eigenvalue weighted by atomic mass is 79.9. The number of anilines is 1. The lowest BCUT2D eigenvalue weighted by atomic mass is 10.3. The van der Waals surface area contributed by atoms with Crippen LogP contribution in [-0.2, 0) is 6.61 Å². The summed E-state index contributed by atoms with van der Waals surface area (Å²) in [5.74, 6) is -0.170. The van der Waals surface area contributed by atoms with E-state index in [2.05, 4.69) is 26.2 Å². The van der Waals surface area contributed by atoms with Crippen LogP contribution in [-0.4, -0.2) is 11.5 Å². The molecule has 100 valence electrons. The molecule has 0 fully saturated rings. The third-order valence-corrected chi connectivity index (χ3v) is 2.96. The molecule has 0 unspecified atom stereocenters. The number of ether oxygens (including phenoxy) is 1. The summed E-state index contributed by atoms with van der Waals surface area (Å²) < 4.78 is 19.7. The van der Waals surface area contributed by atoms with E-state index >= 15 is 0 Å². The van der Waals surface area contributed by atoms with Crippen LogP contribution in [0.15, 0.2) is 41.0 Å². The van der Waals surface area contributed by atoms with Gasteiger partial charge in [0.15, 0.2) is 11.6 Å². The monoisotopic (exact) mass is 324 g/mol. The molecule has 1 N–H and O–H groups in total. The topological polar surface area (TPSA) is 34.2 Å². The van der Waals surface area contributed by atoms with Crippen molar-refractivity contribution in [1.82, 2.24) is 4.98 Å². The molecule has 3 nitrogen and oxygen atoms in total. The summed E-state index contributed by atoms with van der Waals surface area (Å²) in [4.78, 5) is 4.19. The lowest BCUT2D eigenvalue weighted by Crippen LogP contribution is -2.02. The summed E-state index contributed by atoms with van der Waals surface area (Å²) in [6, 6.07) is 8.47. The zero-order valence-electron chi connectivity index (χ0n) is 10.5. The number of rotatable bonds is 5. The second-order valence-electron chi connectivity index (χ2n) is 3.93. The lowest BCUT2D eigenvalue weighted by molar-refractivity contribution is 0.286. The van der Waals surface area contributed by atoms with Crippen LogP contribution in [0.3, 0.4) is 0 Å². The van der Waals surface area contributed by atoms with E-state index < -0.39 is 5.82 Å². The molecular formula is C14H14BrFN2O. The SMILES string of the molecule is CCNc1ccnc(COc2ccc(Br)cc2F)c1. The van der Waals surface area contributed by atoms with E-state index in [9.17, 15) is 4.39 Å². The Kier molecular flexibility index (Phi) is 4.74. The first-order valence-electron chi connectivity index (χ1n) is 5.95. The zero-order valence-corrected chi connectivity index (χ0v) is 12.1. The molecule has 0 saturated carbocycles. The summed E-state index contributed by atoms with van der Waals surface area (Å²) in [6.45, 7) is 3.09. The van der Waals surface area contributed by atoms with Crippen molar-refractivity contribution in [1.29, 1.82) is 0 Å². The van der Waals surface area contributed by atoms with Gasteiger partial charge in [-0.25, -0.2) is 4.39 Å². The molecule has 0 atom stereocenters. The molecule has 0 saturated heterocycles. The van der Waals surface area contributed by atoms with E-state index in [-0.39, 0.29) is 12.4 Å². The number of pyridine rings is 1. The van der Waals surface area contributed by atoms with Crippen molar-refractivity contribution in [3.63, 3.8) is 0 Å². The number of nitrogens with one attached hydrogen (secondary N) is 1. The molecule has 0 amide bonds. The Labute approximate surface area is 119 Å². The zero-order chi connectivity index (χ0) is 13.7. The molecule has 5 heteroatoms. The first-order valence-corrected chi connectivity index (χ1v) is 6.75. The molecule has 0 aliphatic heterocycles. The number of nitrogens with zero attached hydrogens (tertiary/aromatic N) is 1. The largest absolute Gasteiger partial charge is 0.484 e. The Morgan fingerprint density at radius 3 is 2.89 bits per heavy atom. The minimum atomic E-state index is -0.391. The fraction of sp³-hybridized carbons (Fsp3) is 0.214. The van der Waals surface area contributed by atoms with Crippen molar-refractivity contribution in [2.75, 3.05) is 11.9 Å². The molecule has 0 aliphatic carbocycles. The van der Waals surface area contributed by atoms with Crippen LogP contribution in [0.25, 0.3) is 0 Å². The van der Waals surface area contributed by atoms with Gasteiger partial charge in [-0.3, -0.25) is 4.98 Å². The second-order valence-corrected chi connectivity index (χ2v) is 4.85. The molecule has 2 rings (SSSR count). The smallest absolute Gasteiger partial charge is 0.166 e. The van der Waals surface area contributed by atoms with Gasteiger partial charge in [-0.15, -0.1) is 0 Å². The number of hydrogen-bond donors (Lipinski definition) is 1. The van der Waals surface area contributed by atoms with Gasteiger partial charge < -0.3 is 10.1 Å². The second kappa shape index (κ2) is 6.52. The van der Waals surface area contributed by atoms with Crippen molar-refractivity contribution in [2.45, 2.75) is 13.5 Å². The molecule has 1 aromatic carbocycles. The number of halogens is 2. The van der Waals surface area contributed by atoms with E-state index in [0.29, 0.717) is 4.47 Å². The van der Waals surface area contributed by atoms with Crippen molar-refractivity contribution in [3.05, 3.63) is 52.5 Å². The van der Waals surface area contributed by atoms with Gasteiger partial charge in [0.25, 0.3) is 0 Å². The van der Waals surface area contributed by atoms with Crippen LogP contribution >= 0.6 is 15.9 Å². The maximum absolute atomic E-state index is 13.6. The van der Waals surface area contributed by atoms with Crippen molar-refractivity contribution < 1.29 is 9.13 Å². The Bertz CT molecular complexity index is 563. The lowest BCUT2D eigenvalue weighted by Gasteiger charge is -2.08. The van der Waals surface area contributed by atoms with E-state index in [1.165, 1.54) is 6.07 Å². The maximum Gasteiger partial charge on any atom is 0.166 e. The fourth-order valence-electron chi connectivity index (χ4n) is 1.62. The van der Waals surface area contributed by atoms with E-state index in [1.54, 1.807) is 18.3 Å². The predicted molar refractivity (Wildman–Crippen MR) is 76.8 cm³/mol. The summed E-state index contributed by atoms with van der Waals surface area (Å²) in [7, 11) is 0. The van der Waals surface area contributed by atoms with Crippen molar-refractivity contribution in [2.24, 2.45) is 0 Å². The Morgan fingerprint density at radius 2 is 2.16 bits per heavy atom. The van der Waals surface area contributed by atoms with Gasteiger partial charge in [0.05, 0.1) is 5.69 Å². The highest BCUT2D eigenvalue weighted by Gasteiger charge is 2.05. The van der Waals surface area contributed by atoms with E-state index in [0.717, 1.165) is 17.9 Å². The average molecular weight is 325 g/mol. The van der Waals surface area contributed by atoms with Crippen LogP contribution in [0.2, 0.25) is 0 Å². The van der Waals surface area contributed by atoms with Crippen LogP contribution in [0.5, 0.6) is 5.75 Å². The average Bonchev–Trinajstić information content (AvgIpc) is 2.38. The van der Waals surface area contributed by atoms with Gasteiger partial charge in [0, 0.05) is 22.9 Å². The summed E-state index contributed by atoms with van der Waals surface area (Å²) in [6.07, 6.45) is 1.70. The van der Waals surface area contributed by atoms with Gasteiger partial charge >= 0.3 is 0 Å². The van der Waals surface area contributed by atoms with Crippen LogP contribution in [0.1, 0.15) is 12.6 Å². The summed E-state index contributed by atoms with van der Waals surface area (Å²) >= 11 is 3.20. The van der Waals surface area contributed by atoms with E-state index in [1.807, 2.05) is 19.1 Å². The van der Waals surface area contributed by atoms with Gasteiger partial charge in [0.2, 0.25) is 0 Å². The van der Waals surface area contributed by atoms with Crippen molar-refractivity contribution in [3.8, 4) is 5.75 Å². The Hall–Kier alpha value is -1.62.